The predicted octanol–water partition coefficient (Wildman–Crippen LogP) is 4.34. The highest BCUT2D eigenvalue weighted by Crippen LogP contribution is 2.37. The Hall–Kier alpha value is -2.76. The Kier molecular flexibility index (Phi) is 4.42. The second kappa shape index (κ2) is 6.76. The number of para-hydroxylation sites is 2. The first-order valence-corrected chi connectivity index (χ1v) is 9.53. The molecule has 1 fully saturated rings. The van der Waals surface area contributed by atoms with Crippen molar-refractivity contribution in [2.75, 3.05) is 40.9 Å². The van der Waals surface area contributed by atoms with Gasteiger partial charge in [0.05, 0.1) is 23.3 Å². The third-order valence-electron chi connectivity index (χ3n) is 5.73. The quantitative estimate of drug-likeness (QED) is 0.856. The number of fused-ring (bicyclic) bond motifs is 1. The van der Waals surface area contributed by atoms with E-state index in [1.165, 1.54) is 17.7 Å². The number of pyridine rings is 1. The smallest absolute Gasteiger partial charge is 0.411 e. The molecular formula is C21H26N4O2. The number of carboxylic acid groups (broad SMARTS) is 1. The van der Waals surface area contributed by atoms with Crippen molar-refractivity contribution < 1.29 is 9.90 Å². The monoisotopic (exact) mass is 366 g/mol. The zero-order valence-corrected chi connectivity index (χ0v) is 15.9. The number of carbonyl (C=O) groups is 1. The lowest BCUT2D eigenvalue weighted by Gasteiger charge is -2.38. The van der Waals surface area contributed by atoms with Crippen LogP contribution in [0.15, 0.2) is 42.6 Å². The Morgan fingerprint density at radius 1 is 1.00 bits per heavy atom. The summed E-state index contributed by atoms with van der Waals surface area (Å²) in [6.07, 6.45) is 3.41. The number of aromatic nitrogens is 1. The Morgan fingerprint density at radius 3 is 2.33 bits per heavy atom. The van der Waals surface area contributed by atoms with Crippen molar-refractivity contribution in [3.63, 3.8) is 0 Å². The highest BCUT2D eigenvalue weighted by Gasteiger charge is 2.28. The second-order valence-corrected chi connectivity index (χ2v) is 8.10. The Morgan fingerprint density at radius 2 is 1.70 bits per heavy atom. The number of nitrogens with zero attached hydrogens (tertiary/aromatic N) is 4. The number of amides is 1. The lowest BCUT2D eigenvalue weighted by molar-refractivity contribution is 0.201. The van der Waals surface area contributed by atoms with Gasteiger partial charge in [0.25, 0.3) is 0 Å². The molecule has 0 unspecified atom stereocenters. The van der Waals surface area contributed by atoms with E-state index >= 15 is 0 Å². The van der Waals surface area contributed by atoms with Crippen molar-refractivity contribution in [2.45, 2.75) is 26.7 Å². The molecule has 4 rings (SSSR count). The molecule has 1 amide bonds. The van der Waals surface area contributed by atoms with Gasteiger partial charge >= 0.3 is 6.09 Å². The van der Waals surface area contributed by atoms with E-state index in [9.17, 15) is 9.90 Å². The first kappa shape index (κ1) is 17.6. The first-order valence-electron chi connectivity index (χ1n) is 9.53. The molecule has 142 valence electrons. The summed E-state index contributed by atoms with van der Waals surface area (Å²) in [6, 6.07) is 11.8. The Labute approximate surface area is 160 Å². The molecule has 0 saturated carbocycles. The van der Waals surface area contributed by atoms with Crippen LogP contribution in [0.5, 0.6) is 0 Å². The number of anilines is 4. The van der Waals surface area contributed by atoms with E-state index in [4.69, 9.17) is 4.98 Å². The van der Waals surface area contributed by atoms with Crippen LogP contribution in [0.2, 0.25) is 0 Å². The molecule has 0 aliphatic carbocycles. The van der Waals surface area contributed by atoms with Crippen LogP contribution in [-0.4, -0.2) is 42.4 Å². The maximum Gasteiger partial charge on any atom is 0.411 e. The van der Waals surface area contributed by atoms with E-state index in [2.05, 4.69) is 29.7 Å². The fourth-order valence-corrected chi connectivity index (χ4v) is 3.89. The summed E-state index contributed by atoms with van der Waals surface area (Å²) in [7, 11) is 0. The summed E-state index contributed by atoms with van der Waals surface area (Å²) in [4.78, 5) is 22.1. The van der Waals surface area contributed by atoms with Gasteiger partial charge in [-0.05, 0) is 42.5 Å². The van der Waals surface area contributed by atoms with Crippen LogP contribution in [0, 0.1) is 5.41 Å². The van der Waals surface area contributed by atoms with Crippen molar-refractivity contribution in [3.8, 4) is 0 Å². The van der Waals surface area contributed by atoms with Crippen LogP contribution in [0.3, 0.4) is 0 Å². The molecule has 1 aromatic heterocycles. The second-order valence-electron chi connectivity index (χ2n) is 8.10. The average Bonchev–Trinajstić information content (AvgIpc) is 2.67. The Bertz CT molecular complexity index is 824. The summed E-state index contributed by atoms with van der Waals surface area (Å²) < 4.78 is 0. The lowest BCUT2D eigenvalue weighted by Crippen LogP contribution is -2.42. The Balaban J connectivity index is 1.56. The molecular weight excluding hydrogens is 340 g/mol. The number of hydrogen-bond donors (Lipinski definition) is 1. The molecule has 6 nitrogen and oxygen atoms in total. The van der Waals surface area contributed by atoms with Crippen LogP contribution in [0.1, 0.15) is 26.7 Å². The highest BCUT2D eigenvalue weighted by atomic mass is 16.4. The summed E-state index contributed by atoms with van der Waals surface area (Å²) >= 11 is 0. The normalized spacial score (nSPS) is 19.0. The molecule has 2 aliphatic rings. The summed E-state index contributed by atoms with van der Waals surface area (Å²) in [6.45, 7) is 7.81. The maximum absolute atomic E-state index is 11.5. The third kappa shape index (κ3) is 3.44. The molecule has 6 heteroatoms. The standard InChI is InChI=1S/C21H26N4O2/c1-21(2)9-11-23(12-10-21)16-7-8-19(22-15-16)24-13-14-25(20(26)27)18-6-4-3-5-17(18)24/h3-8,15H,9-14H2,1-2H3,(H,26,27). The number of hydrogen-bond acceptors (Lipinski definition) is 4. The van der Waals surface area contributed by atoms with Gasteiger partial charge < -0.3 is 14.9 Å². The van der Waals surface area contributed by atoms with Crippen molar-refractivity contribution in [1.82, 2.24) is 4.98 Å². The van der Waals surface area contributed by atoms with E-state index < -0.39 is 6.09 Å². The third-order valence-corrected chi connectivity index (χ3v) is 5.73. The number of benzene rings is 1. The van der Waals surface area contributed by atoms with Gasteiger partial charge in [-0.1, -0.05) is 26.0 Å². The molecule has 0 radical (unpaired) electrons. The topological polar surface area (TPSA) is 59.9 Å². The van der Waals surface area contributed by atoms with Gasteiger partial charge in [0.1, 0.15) is 5.82 Å². The van der Waals surface area contributed by atoms with Gasteiger partial charge in [0.15, 0.2) is 0 Å². The van der Waals surface area contributed by atoms with Crippen LogP contribution in [-0.2, 0) is 0 Å². The van der Waals surface area contributed by atoms with E-state index in [1.54, 1.807) is 0 Å². The predicted molar refractivity (Wildman–Crippen MR) is 108 cm³/mol. The van der Waals surface area contributed by atoms with E-state index in [-0.39, 0.29) is 0 Å². The average molecular weight is 366 g/mol. The molecule has 27 heavy (non-hydrogen) atoms. The fraction of sp³-hybridized carbons (Fsp3) is 0.429. The zero-order valence-electron chi connectivity index (χ0n) is 15.9. The van der Waals surface area contributed by atoms with Crippen molar-refractivity contribution >= 4 is 29.0 Å². The molecule has 1 saturated heterocycles. The number of piperidine rings is 1. The summed E-state index contributed by atoms with van der Waals surface area (Å²) in [5.74, 6) is 0.855. The van der Waals surface area contributed by atoms with Crippen LogP contribution in [0.25, 0.3) is 0 Å². The largest absolute Gasteiger partial charge is 0.465 e. The fourth-order valence-electron chi connectivity index (χ4n) is 3.89. The number of rotatable bonds is 2. The minimum absolute atomic E-state index is 0.428. The highest BCUT2D eigenvalue weighted by molar-refractivity contribution is 5.93. The van der Waals surface area contributed by atoms with E-state index in [1.807, 2.05) is 36.5 Å². The summed E-state index contributed by atoms with van der Waals surface area (Å²) in [5.41, 5.74) is 3.18. The molecule has 0 atom stereocenters. The molecule has 0 bridgehead atoms. The van der Waals surface area contributed by atoms with Gasteiger partial charge in [-0.2, -0.15) is 0 Å². The molecule has 2 aliphatic heterocycles. The van der Waals surface area contributed by atoms with Gasteiger partial charge in [-0.15, -0.1) is 0 Å². The van der Waals surface area contributed by atoms with Gasteiger partial charge in [-0.3, -0.25) is 4.90 Å². The first-order chi connectivity index (χ1) is 12.9. The van der Waals surface area contributed by atoms with Gasteiger partial charge in [0, 0.05) is 26.2 Å². The minimum atomic E-state index is -0.918. The molecule has 0 spiro atoms. The van der Waals surface area contributed by atoms with E-state index in [0.717, 1.165) is 30.3 Å². The van der Waals surface area contributed by atoms with Gasteiger partial charge in [0.2, 0.25) is 0 Å². The van der Waals surface area contributed by atoms with Crippen LogP contribution in [0.4, 0.5) is 27.7 Å². The van der Waals surface area contributed by atoms with Gasteiger partial charge in [-0.25, -0.2) is 9.78 Å². The van der Waals surface area contributed by atoms with Crippen molar-refractivity contribution in [1.29, 1.82) is 0 Å². The summed E-state index contributed by atoms with van der Waals surface area (Å²) in [5, 5.41) is 9.45. The maximum atomic E-state index is 11.5. The van der Waals surface area contributed by atoms with E-state index in [0.29, 0.717) is 24.2 Å². The zero-order chi connectivity index (χ0) is 19.0. The SMILES string of the molecule is CC1(C)CCN(c2ccc(N3CCN(C(=O)O)c4ccccc43)nc2)CC1. The molecule has 1 N–H and O–H groups in total. The van der Waals surface area contributed by atoms with Crippen LogP contribution < -0.4 is 14.7 Å². The van der Waals surface area contributed by atoms with Crippen molar-refractivity contribution in [3.05, 3.63) is 42.6 Å². The molecule has 3 heterocycles. The molecule has 1 aromatic carbocycles. The lowest BCUT2D eigenvalue weighted by atomic mass is 9.82. The van der Waals surface area contributed by atoms with Crippen LogP contribution >= 0.6 is 0 Å². The minimum Gasteiger partial charge on any atom is -0.465 e. The molecule has 2 aromatic rings. The van der Waals surface area contributed by atoms with Crippen molar-refractivity contribution in [2.24, 2.45) is 5.41 Å².